The minimum atomic E-state index is -4.18. The zero-order valence-corrected chi connectivity index (χ0v) is 72.7. The molecule has 37 nitrogen and oxygen atoms in total. The molecule has 0 aliphatic carbocycles. The van der Waals surface area contributed by atoms with Gasteiger partial charge < -0.3 is 97.2 Å². The Morgan fingerprint density at radius 2 is 1.21 bits per heavy atom. The van der Waals surface area contributed by atoms with Crippen LogP contribution in [0, 0.1) is 5.92 Å². The molecular weight excluding hydrogens is 1610 g/mol. The Labute approximate surface area is 716 Å². The van der Waals surface area contributed by atoms with E-state index in [1.165, 1.54) is 41.3 Å². The molecule has 0 unspecified atom stereocenters. The normalized spacial score (nSPS) is 15.5. The summed E-state index contributed by atoms with van der Waals surface area (Å²) < 4.78 is 42.7. The summed E-state index contributed by atoms with van der Waals surface area (Å²) in [4.78, 5) is 179. The average Bonchev–Trinajstić information content (AvgIpc) is 1.62. The number of primary amides is 1. The van der Waals surface area contributed by atoms with Crippen LogP contribution in [0.1, 0.15) is 107 Å². The molecule has 1 saturated heterocycles. The van der Waals surface area contributed by atoms with E-state index in [0.29, 0.717) is 126 Å². The maximum absolute atomic E-state index is 14.5. The zero-order chi connectivity index (χ0) is 89.4. The van der Waals surface area contributed by atoms with Crippen LogP contribution in [0.15, 0.2) is 113 Å². The lowest BCUT2D eigenvalue weighted by atomic mass is 9.85. The van der Waals surface area contributed by atoms with Crippen molar-refractivity contribution in [1.82, 2.24) is 75.8 Å². The molecule has 3 aliphatic heterocycles. The second kappa shape index (κ2) is 44.4. The van der Waals surface area contributed by atoms with Crippen molar-refractivity contribution in [2.45, 2.75) is 127 Å². The van der Waals surface area contributed by atoms with E-state index in [2.05, 4.69) is 72.2 Å². The van der Waals surface area contributed by atoms with Crippen molar-refractivity contribution in [1.29, 1.82) is 0 Å². The minimum absolute atomic E-state index is 0.0994. The van der Waals surface area contributed by atoms with Gasteiger partial charge in [0.15, 0.2) is 0 Å². The number of aryl methyl sites for hydroxylation is 1. The number of sulfonamides is 1. The highest BCUT2D eigenvalue weighted by Crippen LogP contribution is 2.43. The first kappa shape index (κ1) is 95.2. The number of hydrogen-bond donors (Lipinski definition) is 12. The van der Waals surface area contributed by atoms with E-state index in [4.69, 9.17) is 20.2 Å². The summed E-state index contributed by atoms with van der Waals surface area (Å²) in [6.45, 7) is 16.7. The largest absolute Gasteiger partial charge is 0.481 e. The highest BCUT2D eigenvalue weighted by Gasteiger charge is 2.52. The molecule has 5 heterocycles. The number of rotatable bonds is 45. The van der Waals surface area contributed by atoms with Gasteiger partial charge in [-0.3, -0.25) is 48.1 Å². The number of anilines is 4. The molecule has 9 rings (SSSR count). The van der Waals surface area contributed by atoms with Gasteiger partial charge in [0.05, 0.1) is 65.9 Å². The number of amides is 11. The Balaban J connectivity index is 0.619. The predicted molar refractivity (Wildman–Crippen MR) is 465 cm³/mol. The van der Waals surface area contributed by atoms with E-state index < -0.39 is 124 Å². The van der Waals surface area contributed by atoms with Crippen LogP contribution in [-0.4, -0.2) is 288 Å². The van der Waals surface area contributed by atoms with E-state index >= 15 is 0 Å². The minimum Gasteiger partial charge on any atom is -0.481 e. The highest BCUT2D eigenvalue weighted by atomic mass is 32.2. The molecule has 38 heteroatoms. The molecule has 1 fully saturated rings. The summed E-state index contributed by atoms with van der Waals surface area (Å²) >= 11 is 0. The van der Waals surface area contributed by atoms with Crippen molar-refractivity contribution in [3.05, 3.63) is 141 Å². The first-order valence-corrected chi connectivity index (χ1v) is 42.9. The lowest BCUT2D eigenvalue weighted by Gasteiger charge is -2.37. The summed E-state index contributed by atoms with van der Waals surface area (Å²) in [7, 11) is 7.32. The first-order chi connectivity index (χ1) is 58.6. The molecule has 3 aliphatic rings. The molecular formula is C85H118N20O17S. The number of nitrogens with two attached hydrogens (primary N) is 1. The molecule has 666 valence electrons. The molecule has 5 atom stereocenters. The fraction of sp³-hybridized carbons (Fsp3) is 0.494. The van der Waals surface area contributed by atoms with E-state index in [9.17, 15) is 71.1 Å². The number of benzene rings is 4. The van der Waals surface area contributed by atoms with Crippen molar-refractivity contribution >= 4 is 109 Å². The van der Waals surface area contributed by atoms with Crippen LogP contribution in [0.25, 0.3) is 22.3 Å². The van der Waals surface area contributed by atoms with E-state index in [1.807, 2.05) is 78.3 Å². The molecule has 0 radical (unpaired) electrons. The van der Waals surface area contributed by atoms with Crippen molar-refractivity contribution < 1.29 is 75.7 Å². The average molecular weight is 1720 g/mol. The third-order valence-electron chi connectivity index (χ3n) is 21.8. The summed E-state index contributed by atoms with van der Waals surface area (Å²) in [5, 5.41) is 35.3. The molecule has 0 saturated carbocycles. The molecule has 2 aromatic heterocycles. The Morgan fingerprint density at radius 3 is 1.82 bits per heavy atom. The second-order valence-corrected chi connectivity index (χ2v) is 33.6. The number of likely N-dealkylation sites (tertiary alicyclic amines) is 1. The van der Waals surface area contributed by atoms with Gasteiger partial charge in [0.25, 0.3) is 15.6 Å². The number of nitrogens with one attached hydrogen (secondary N) is 10. The first-order valence-electron chi connectivity index (χ1n) is 41.5. The smallest absolute Gasteiger partial charge is 0.355 e. The van der Waals surface area contributed by atoms with Crippen LogP contribution in [-0.2, 0) is 83.0 Å². The Morgan fingerprint density at radius 1 is 0.634 bits per heavy atom. The second-order valence-electron chi connectivity index (χ2n) is 31.9. The fourth-order valence-corrected chi connectivity index (χ4v) is 15.9. The van der Waals surface area contributed by atoms with Gasteiger partial charge in [-0.1, -0.05) is 71.0 Å². The quantitative estimate of drug-likeness (QED) is 0.0241. The van der Waals surface area contributed by atoms with Gasteiger partial charge in [-0.15, -0.1) is 0 Å². The monoisotopic (exact) mass is 1720 g/mol. The molecule has 0 bridgehead atoms. The Hall–Kier alpha value is -11.7. The number of nitrogens with zero attached hydrogens (tertiary/aromatic N) is 9. The van der Waals surface area contributed by atoms with Gasteiger partial charge in [-0.25, -0.2) is 37.4 Å². The number of hydrogen-bond acceptors (Lipinski definition) is 23. The molecule has 123 heavy (non-hydrogen) atoms. The standard InChI is InChI=1S/C85H118N20O17S/c1-12-31-88-82(116)92-58-21-18-23-60(46-58)123(119,120)97-59-22-17-20-55(45-59)67(49-74(109)110)95-84(118)91-57-29-27-56(28-30-57)90-83(117)89-33-36-99(7)38-40-100(8)41-43-102(10)51-72(107)87-32-35-98(6)37-39-101(9)42-44-103(11)52-73(108)93-68(48-71(86)106)79(113)104-34-19-26-69(104)77(111)96-75(54(4)5)80(114)122-85(14-3)65-47-70-76-63(50-105(70)78(112)64(65)53-121-81(85)115)61(13-2)62-24-15-16-25-66(62)94-76/h15-18,20-25,27-30,45-47,54,67-69,75,97H,12-14,19,26,31-44,48-53H2,1-11H3,(H2,86,106)(H,87,107)(H,93,108)(H,96,111)(H,109,110)(H2,88,92,116)(H2,89,90,117)(H2,91,95,118)/t67-,68-,69-,75-,85-/m0/s1. The maximum Gasteiger partial charge on any atom is 0.355 e. The van der Waals surface area contributed by atoms with Crippen LogP contribution < -0.4 is 63.9 Å². The summed E-state index contributed by atoms with van der Waals surface area (Å²) in [5.41, 5.74) is 8.67. The number of likely N-dealkylation sites (N-methyl/N-ethyl adjacent to an activating group) is 6. The predicted octanol–water partition coefficient (Wildman–Crippen LogP) is 3.88. The number of cyclic esters (lactones) is 1. The van der Waals surface area contributed by atoms with Gasteiger partial charge >= 0.3 is 36.0 Å². The number of carbonyl (C=O) groups is 11. The van der Waals surface area contributed by atoms with Crippen molar-refractivity contribution in [3.8, 4) is 11.4 Å². The number of aliphatic carboxylic acids is 1. The summed E-state index contributed by atoms with van der Waals surface area (Å²) in [5.74, 6) is -6.58. The van der Waals surface area contributed by atoms with Gasteiger partial charge in [0, 0.05) is 131 Å². The summed E-state index contributed by atoms with van der Waals surface area (Å²) in [6.07, 6.45) is 0.795. The molecule has 4 aromatic carbocycles. The lowest BCUT2D eigenvalue weighted by Crippen LogP contribution is -2.58. The Bertz CT molecular complexity index is 4980. The number of fused-ring (bicyclic) bond motifs is 5. The van der Waals surface area contributed by atoms with Crippen molar-refractivity contribution in [3.63, 3.8) is 0 Å². The van der Waals surface area contributed by atoms with Gasteiger partial charge in [-0.2, -0.15) is 0 Å². The number of pyridine rings is 2. The van der Waals surface area contributed by atoms with E-state index in [1.54, 1.807) is 79.8 Å². The molecule has 11 amide bonds. The molecule has 6 aromatic rings. The number of carboxylic acids is 1. The Kier molecular flexibility index (Phi) is 34.4. The maximum atomic E-state index is 14.5. The summed E-state index contributed by atoms with van der Waals surface area (Å²) in [6, 6.07) is 20.7. The number of aromatic nitrogens is 2. The molecule has 13 N–H and O–H groups in total. The highest BCUT2D eigenvalue weighted by molar-refractivity contribution is 7.92. The number of carbonyl (C=O) groups excluding carboxylic acids is 10. The number of esters is 2. The number of ether oxygens (including phenoxy) is 2. The van der Waals surface area contributed by atoms with E-state index in [0.717, 1.165) is 28.6 Å². The van der Waals surface area contributed by atoms with Gasteiger partial charge in [-0.05, 0) is 158 Å². The third kappa shape index (κ3) is 26.4. The lowest BCUT2D eigenvalue weighted by molar-refractivity contribution is -0.191. The SMILES string of the molecule is CCCNC(=O)Nc1cccc(S(=O)(=O)Nc2cccc([C@H](CC(=O)O)NC(=O)Nc3ccc(NC(=O)NCCN(C)CCN(C)CCN(C)CC(=O)NCCN(C)CCN(C)CCN(C)CC(=O)N[C@@H](CC(N)=O)C(=O)N4CCC[C@H]4C(=O)N[C@H](C(=O)O[C@]4(CC)C(=O)OCc5c4cc4n(c5=O)Cc5c-4nc4ccccc4c5CC)C(C)C)cc3)c2)c1. The number of urea groups is 3. The van der Waals surface area contributed by atoms with Crippen LogP contribution in [0.5, 0.6) is 0 Å². The van der Waals surface area contributed by atoms with Crippen LogP contribution in [0.2, 0.25) is 0 Å². The van der Waals surface area contributed by atoms with Crippen molar-refractivity contribution in [2.24, 2.45) is 11.7 Å². The topological polar surface area (TPSA) is 464 Å². The van der Waals surface area contributed by atoms with E-state index in [-0.39, 0.29) is 78.9 Å². The third-order valence-corrected chi connectivity index (χ3v) is 23.2. The van der Waals surface area contributed by atoms with Gasteiger partial charge in [0.1, 0.15) is 24.7 Å². The van der Waals surface area contributed by atoms with Gasteiger partial charge in [0.2, 0.25) is 35.1 Å². The van der Waals surface area contributed by atoms with Crippen molar-refractivity contribution in [2.75, 3.05) is 168 Å². The fourth-order valence-electron chi connectivity index (χ4n) is 14.8. The molecule has 0 spiro atoms. The number of carboxylic acid groups (broad SMARTS) is 1. The van der Waals surface area contributed by atoms with Crippen LogP contribution in [0.3, 0.4) is 0 Å². The zero-order valence-electron chi connectivity index (χ0n) is 71.9. The number of para-hydroxylation sites is 1. The van der Waals surface area contributed by atoms with Crippen LogP contribution >= 0.6 is 0 Å². The van der Waals surface area contributed by atoms with Crippen LogP contribution in [0.4, 0.5) is 37.1 Å².